The summed E-state index contributed by atoms with van der Waals surface area (Å²) in [6.07, 6.45) is 0. The van der Waals surface area contributed by atoms with Gasteiger partial charge in [0.25, 0.3) is 0 Å². The average molecular weight is 333 g/mol. The van der Waals surface area contributed by atoms with E-state index in [1.165, 1.54) is 33.0 Å². The molecule has 0 atom stereocenters. The fourth-order valence-corrected chi connectivity index (χ4v) is 1.96. The second-order valence-corrected chi connectivity index (χ2v) is 3.98. The molecule has 0 unspecified atom stereocenters. The van der Waals surface area contributed by atoms with Crippen molar-refractivity contribution in [1.29, 1.82) is 0 Å². The molecule has 3 heteroatoms. The first-order chi connectivity index (χ1) is 6.09. The number of rotatable bonds is 0. The Morgan fingerprint density at radius 3 is 2.00 bits per heavy atom. The van der Waals surface area contributed by atoms with Gasteiger partial charge in [-0.05, 0) is 20.8 Å². The number of aryl methyl sites for hydroxylation is 3. The minimum Gasteiger partial charge on any atom is -1.00 e. The first-order valence-electron chi connectivity index (χ1n) is 4.73. The number of fused-ring (bicyclic) bond motifs is 1. The van der Waals surface area contributed by atoms with Gasteiger partial charge in [-0.15, -0.1) is 28.5 Å². The van der Waals surface area contributed by atoms with Gasteiger partial charge in [0.1, 0.15) is 0 Å². The Labute approximate surface area is 129 Å². The summed E-state index contributed by atoms with van der Waals surface area (Å²) in [4.78, 5) is 0. The number of benzene rings is 1. The topological polar surface area (TPSA) is 0 Å². The molecule has 0 aliphatic carbocycles. The van der Waals surface area contributed by atoms with E-state index in [-0.39, 0.29) is 51.0 Å². The van der Waals surface area contributed by atoms with Crippen LogP contribution in [0, 0.1) is 27.7 Å². The van der Waals surface area contributed by atoms with E-state index in [1.807, 2.05) is 0 Å². The Morgan fingerprint density at radius 2 is 1.44 bits per heavy atom. The van der Waals surface area contributed by atoms with Crippen molar-refractivity contribution in [1.82, 2.24) is 0 Å². The van der Waals surface area contributed by atoms with Gasteiger partial charge in [-0.3, -0.25) is 0 Å². The van der Waals surface area contributed by atoms with E-state index in [1.54, 1.807) is 0 Å². The molecule has 0 aromatic heterocycles. The summed E-state index contributed by atoms with van der Waals surface area (Å²) in [7, 11) is 0. The minimum atomic E-state index is 0. The summed E-state index contributed by atoms with van der Waals surface area (Å²) in [6.45, 7) is 8.75. The van der Waals surface area contributed by atoms with Crippen molar-refractivity contribution in [3.8, 4) is 0 Å². The van der Waals surface area contributed by atoms with Gasteiger partial charge in [0, 0.05) is 0 Å². The molecule has 0 bridgehead atoms. The van der Waals surface area contributed by atoms with Crippen LogP contribution in [-0.2, 0) is 26.2 Å². The van der Waals surface area contributed by atoms with Crippen molar-refractivity contribution in [2.45, 2.75) is 27.7 Å². The van der Waals surface area contributed by atoms with Crippen LogP contribution in [0.1, 0.15) is 22.3 Å². The fourth-order valence-electron chi connectivity index (χ4n) is 1.96. The molecule has 2 aromatic carbocycles. The third kappa shape index (κ3) is 3.16. The van der Waals surface area contributed by atoms with Gasteiger partial charge in [-0.1, -0.05) is 23.6 Å². The molecule has 0 fully saturated rings. The number of hydrogen-bond acceptors (Lipinski definition) is 0. The van der Waals surface area contributed by atoms with Crippen molar-refractivity contribution in [3.05, 3.63) is 40.5 Å². The summed E-state index contributed by atoms with van der Waals surface area (Å²) in [5.41, 5.74) is 5.62. The number of halogens is 2. The Bertz CT molecular complexity index is 472. The number of hydrogen-bond donors (Lipinski definition) is 0. The molecular weight excluding hydrogens is 318 g/mol. The smallest absolute Gasteiger partial charge is 1.00 e. The van der Waals surface area contributed by atoms with Crippen LogP contribution in [0.25, 0.3) is 10.8 Å². The summed E-state index contributed by atoms with van der Waals surface area (Å²) < 4.78 is 0. The fraction of sp³-hybridized carbons (Fsp3) is 0.308. The molecule has 0 saturated carbocycles. The Hall–Kier alpha value is 0.293. The Kier molecular flexibility index (Phi) is 8.03. The van der Waals surface area contributed by atoms with Gasteiger partial charge in [0.15, 0.2) is 0 Å². The van der Waals surface area contributed by atoms with Gasteiger partial charge in [-0.2, -0.15) is 6.07 Å². The van der Waals surface area contributed by atoms with Gasteiger partial charge in [0.2, 0.25) is 0 Å². The van der Waals surface area contributed by atoms with E-state index in [0.29, 0.717) is 0 Å². The van der Waals surface area contributed by atoms with Gasteiger partial charge in [-0.25, -0.2) is 0 Å². The standard InChI is InChI=1S/C13H15.2ClH.Zr/c1-8-5-12-7-9(2)10(3)11(4)13(12)6-8;;;/h5-7H,1-4H3;2*1H;/q-1;;;+3/p-2. The van der Waals surface area contributed by atoms with E-state index in [9.17, 15) is 0 Å². The van der Waals surface area contributed by atoms with Crippen molar-refractivity contribution < 1.29 is 51.0 Å². The zero-order chi connectivity index (χ0) is 9.59. The molecule has 0 aliphatic rings. The van der Waals surface area contributed by atoms with Gasteiger partial charge >= 0.3 is 26.2 Å². The summed E-state index contributed by atoms with van der Waals surface area (Å²) >= 11 is 0. The molecule has 0 N–H and O–H groups in total. The van der Waals surface area contributed by atoms with Crippen LogP contribution >= 0.6 is 0 Å². The van der Waals surface area contributed by atoms with Crippen molar-refractivity contribution >= 4 is 10.8 Å². The van der Waals surface area contributed by atoms with E-state index in [2.05, 4.69) is 45.9 Å². The summed E-state index contributed by atoms with van der Waals surface area (Å²) in [5, 5.41) is 2.80. The SMILES string of the molecule is Cc1cc2c(C)c(C)c(C)cc2[cH-]1.[Cl-].[Cl-].[Zr+3]. The predicted molar refractivity (Wildman–Crippen MR) is 58.5 cm³/mol. The molecule has 0 heterocycles. The Morgan fingerprint density at radius 1 is 0.875 bits per heavy atom. The molecule has 0 aliphatic heterocycles. The maximum Gasteiger partial charge on any atom is 3.00 e. The van der Waals surface area contributed by atoms with Crippen LogP contribution in [0.3, 0.4) is 0 Å². The minimum absolute atomic E-state index is 0. The molecule has 85 valence electrons. The maximum atomic E-state index is 2.28. The van der Waals surface area contributed by atoms with E-state index in [4.69, 9.17) is 0 Å². The monoisotopic (exact) mass is 331 g/mol. The van der Waals surface area contributed by atoms with Crippen molar-refractivity contribution in [3.63, 3.8) is 0 Å². The zero-order valence-electron chi connectivity index (χ0n) is 9.99. The van der Waals surface area contributed by atoms with E-state index < -0.39 is 0 Å². The van der Waals surface area contributed by atoms with Crippen LogP contribution in [-0.4, -0.2) is 0 Å². The normalized spacial score (nSPS) is 9.00. The first-order valence-corrected chi connectivity index (χ1v) is 4.73. The molecule has 0 saturated heterocycles. The third-order valence-electron chi connectivity index (χ3n) is 3.00. The largest absolute Gasteiger partial charge is 3.00 e. The average Bonchev–Trinajstić information content (AvgIpc) is 2.42. The van der Waals surface area contributed by atoms with Gasteiger partial charge < -0.3 is 24.8 Å². The molecular formula is C13H15Cl2Zr. The molecule has 2 aromatic rings. The molecule has 0 spiro atoms. The third-order valence-corrected chi connectivity index (χ3v) is 3.00. The molecule has 1 radical (unpaired) electrons. The molecule has 0 nitrogen and oxygen atoms in total. The van der Waals surface area contributed by atoms with Crippen LogP contribution < -0.4 is 24.8 Å². The van der Waals surface area contributed by atoms with Crippen molar-refractivity contribution in [2.75, 3.05) is 0 Å². The molecule has 16 heavy (non-hydrogen) atoms. The predicted octanol–water partition coefficient (Wildman–Crippen LogP) is -2.20. The quantitative estimate of drug-likeness (QED) is 0.480. The zero-order valence-corrected chi connectivity index (χ0v) is 14.0. The Balaban J connectivity index is 0. The van der Waals surface area contributed by atoms with Crippen LogP contribution in [0.5, 0.6) is 0 Å². The second-order valence-electron chi connectivity index (χ2n) is 3.98. The molecule has 2 rings (SSSR count). The first kappa shape index (κ1) is 18.7. The van der Waals surface area contributed by atoms with Crippen LogP contribution in [0.4, 0.5) is 0 Å². The van der Waals surface area contributed by atoms with Gasteiger partial charge in [0.05, 0.1) is 0 Å². The van der Waals surface area contributed by atoms with E-state index >= 15 is 0 Å². The van der Waals surface area contributed by atoms with Crippen LogP contribution in [0.15, 0.2) is 18.2 Å². The second kappa shape index (κ2) is 6.89. The van der Waals surface area contributed by atoms with E-state index in [0.717, 1.165) is 0 Å². The van der Waals surface area contributed by atoms with Crippen molar-refractivity contribution in [2.24, 2.45) is 0 Å². The molecule has 0 amide bonds. The summed E-state index contributed by atoms with van der Waals surface area (Å²) in [5.74, 6) is 0. The van der Waals surface area contributed by atoms with Crippen LogP contribution in [0.2, 0.25) is 0 Å². The summed E-state index contributed by atoms with van der Waals surface area (Å²) in [6, 6.07) is 6.82. The maximum absolute atomic E-state index is 2.28.